The zero-order chi connectivity index (χ0) is 20.9. The van der Waals surface area contributed by atoms with Crippen molar-refractivity contribution in [3.8, 4) is 0 Å². The molecule has 0 aliphatic carbocycles. The summed E-state index contributed by atoms with van der Waals surface area (Å²) in [4.78, 5) is 35.8. The number of esters is 1. The van der Waals surface area contributed by atoms with Gasteiger partial charge in [-0.1, -0.05) is 36.4 Å². The van der Waals surface area contributed by atoms with Crippen molar-refractivity contribution < 1.29 is 33.0 Å². The normalized spacial score (nSPS) is 23.0. The van der Waals surface area contributed by atoms with Gasteiger partial charge in [-0.3, -0.25) is 10.6 Å². The van der Waals surface area contributed by atoms with Crippen molar-refractivity contribution >= 4 is 29.5 Å². The highest BCUT2D eigenvalue weighted by Crippen LogP contribution is 2.33. The molecule has 3 rings (SSSR count). The van der Waals surface area contributed by atoms with Crippen LogP contribution in [0.15, 0.2) is 60.7 Å². The van der Waals surface area contributed by atoms with E-state index in [1.807, 2.05) is 0 Å². The first-order valence-corrected chi connectivity index (χ1v) is 8.78. The van der Waals surface area contributed by atoms with Crippen LogP contribution in [0.2, 0.25) is 0 Å². The maximum atomic E-state index is 14.8. The monoisotopic (exact) mass is 402 g/mol. The van der Waals surface area contributed by atoms with Gasteiger partial charge in [0.1, 0.15) is 6.61 Å². The van der Waals surface area contributed by atoms with Gasteiger partial charge in [0.2, 0.25) is 5.67 Å². The Kier molecular flexibility index (Phi) is 5.96. The summed E-state index contributed by atoms with van der Waals surface area (Å²) >= 11 is 0. The Morgan fingerprint density at radius 3 is 2.07 bits per heavy atom. The van der Waals surface area contributed by atoms with E-state index >= 15 is 0 Å². The average Bonchev–Trinajstić information content (AvgIpc) is 2.91. The van der Waals surface area contributed by atoms with Gasteiger partial charge in [0.15, 0.2) is 12.2 Å². The minimum atomic E-state index is -2.59. The lowest BCUT2D eigenvalue weighted by Gasteiger charge is -2.22. The molecule has 2 aromatic carbocycles. The third-order valence-corrected chi connectivity index (χ3v) is 4.18. The molecule has 2 aromatic rings. The van der Waals surface area contributed by atoms with Crippen molar-refractivity contribution in [3.05, 3.63) is 60.7 Å². The SMILES string of the molecule is C[C@]1(F)C(=O)O[C@H](COC(=O)Nc2ccccc2)[C@H]1OC(=O)Nc1ccccc1. The molecule has 1 heterocycles. The highest BCUT2D eigenvalue weighted by molar-refractivity contribution is 5.87. The number of amides is 2. The van der Waals surface area contributed by atoms with E-state index < -0.39 is 42.6 Å². The molecule has 1 fully saturated rings. The molecule has 9 heteroatoms. The zero-order valence-electron chi connectivity index (χ0n) is 15.5. The number of alkyl halides is 1. The number of carbonyl (C=O) groups is 3. The van der Waals surface area contributed by atoms with Gasteiger partial charge in [0, 0.05) is 11.4 Å². The summed E-state index contributed by atoms with van der Waals surface area (Å²) in [5, 5.41) is 4.90. The lowest BCUT2D eigenvalue weighted by molar-refractivity contribution is -0.150. The molecule has 1 saturated heterocycles. The molecule has 0 radical (unpaired) electrons. The molecule has 1 aliphatic rings. The van der Waals surface area contributed by atoms with Crippen LogP contribution in [0.5, 0.6) is 0 Å². The Morgan fingerprint density at radius 1 is 1.00 bits per heavy atom. The van der Waals surface area contributed by atoms with Crippen LogP contribution in [0.4, 0.5) is 25.4 Å². The van der Waals surface area contributed by atoms with Crippen LogP contribution in [-0.4, -0.2) is 42.6 Å². The third kappa shape index (κ3) is 5.01. The molecule has 2 N–H and O–H groups in total. The molecule has 0 aromatic heterocycles. The smallest absolute Gasteiger partial charge is 0.412 e. The molecule has 152 valence electrons. The Balaban J connectivity index is 1.60. The van der Waals surface area contributed by atoms with Gasteiger partial charge in [-0.2, -0.15) is 0 Å². The molecule has 0 bridgehead atoms. The van der Waals surface area contributed by atoms with Gasteiger partial charge in [0.25, 0.3) is 0 Å². The molecule has 29 heavy (non-hydrogen) atoms. The quantitative estimate of drug-likeness (QED) is 0.586. The van der Waals surface area contributed by atoms with Gasteiger partial charge in [-0.05, 0) is 31.2 Å². The van der Waals surface area contributed by atoms with Gasteiger partial charge >= 0.3 is 18.2 Å². The van der Waals surface area contributed by atoms with Gasteiger partial charge in [-0.15, -0.1) is 0 Å². The van der Waals surface area contributed by atoms with Gasteiger partial charge in [-0.25, -0.2) is 18.8 Å². The number of rotatable bonds is 5. The first-order valence-electron chi connectivity index (χ1n) is 8.78. The van der Waals surface area contributed by atoms with Crippen LogP contribution in [-0.2, 0) is 19.0 Å². The van der Waals surface area contributed by atoms with Gasteiger partial charge in [0.05, 0.1) is 0 Å². The standard InChI is InChI=1S/C20H19FN2O6/c1-20(21)16(29-19(26)23-14-10-6-3-7-11-14)15(28-17(20)24)12-27-18(25)22-13-8-4-2-5-9-13/h2-11,15-16H,12H2,1H3,(H,22,25)(H,23,26)/t15-,16-,20-/m1/s1. The summed E-state index contributed by atoms with van der Waals surface area (Å²) in [7, 11) is 0. The first kappa shape index (κ1) is 20.1. The Bertz CT molecular complexity index is 875. The largest absolute Gasteiger partial charge is 0.452 e. The third-order valence-electron chi connectivity index (χ3n) is 4.18. The molecule has 2 amide bonds. The molecule has 0 saturated carbocycles. The second kappa shape index (κ2) is 8.59. The number of hydrogen-bond donors (Lipinski definition) is 2. The van der Waals surface area contributed by atoms with Crippen LogP contribution in [0, 0.1) is 0 Å². The molecule has 0 spiro atoms. The molecule has 0 unspecified atom stereocenters. The van der Waals surface area contributed by atoms with E-state index in [1.165, 1.54) is 0 Å². The van der Waals surface area contributed by atoms with Crippen LogP contribution in [0.25, 0.3) is 0 Å². The number of cyclic esters (lactones) is 1. The summed E-state index contributed by atoms with van der Waals surface area (Å²) in [5.41, 5.74) is -1.66. The zero-order valence-corrected chi connectivity index (χ0v) is 15.5. The highest BCUT2D eigenvalue weighted by Gasteiger charge is 2.58. The van der Waals surface area contributed by atoms with E-state index in [0.29, 0.717) is 11.4 Å². The Hall–Kier alpha value is -3.62. The number of halogens is 1. The van der Waals surface area contributed by atoms with Crippen LogP contribution < -0.4 is 10.6 Å². The number of hydrogen-bond acceptors (Lipinski definition) is 6. The fourth-order valence-electron chi connectivity index (χ4n) is 2.71. The van der Waals surface area contributed by atoms with E-state index in [9.17, 15) is 18.8 Å². The molecular weight excluding hydrogens is 383 g/mol. The van der Waals surface area contributed by atoms with Crippen molar-refractivity contribution in [2.45, 2.75) is 24.8 Å². The second-order valence-electron chi connectivity index (χ2n) is 6.43. The van der Waals surface area contributed by atoms with Crippen molar-refractivity contribution in [2.24, 2.45) is 0 Å². The summed E-state index contributed by atoms with van der Waals surface area (Å²) < 4.78 is 29.7. The lowest BCUT2D eigenvalue weighted by Crippen LogP contribution is -2.45. The van der Waals surface area contributed by atoms with Crippen molar-refractivity contribution in [2.75, 3.05) is 17.2 Å². The predicted octanol–water partition coefficient (Wildman–Crippen LogP) is 3.51. The maximum absolute atomic E-state index is 14.8. The van der Waals surface area contributed by atoms with Crippen LogP contribution >= 0.6 is 0 Å². The van der Waals surface area contributed by atoms with E-state index in [-0.39, 0.29) is 0 Å². The number of benzene rings is 2. The molecular formula is C20H19FN2O6. The van der Waals surface area contributed by atoms with Crippen molar-refractivity contribution in [1.29, 1.82) is 0 Å². The number of para-hydroxylation sites is 2. The number of anilines is 2. The summed E-state index contributed by atoms with van der Waals surface area (Å²) in [6.07, 6.45) is -4.68. The minimum absolute atomic E-state index is 0.429. The fraction of sp³-hybridized carbons (Fsp3) is 0.250. The second-order valence-corrected chi connectivity index (χ2v) is 6.43. The summed E-state index contributed by atoms with van der Waals surface area (Å²) in [6.45, 7) is 0.451. The highest BCUT2D eigenvalue weighted by atomic mass is 19.1. The molecule has 8 nitrogen and oxygen atoms in total. The maximum Gasteiger partial charge on any atom is 0.412 e. The number of nitrogens with one attached hydrogen (secondary N) is 2. The van der Waals surface area contributed by atoms with E-state index in [0.717, 1.165) is 6.92 Å². The lowest BCUT2D eigenvalue weighted by atomic mass is 10.0. The minimum Gasteiger partial charge on any atom is -0.452 e. The van der Waals surface area contributed by atoms with Crippen molar-refractivity contribution in [1.82, 2.24) is 0 Å². The van der Waals surface area contributed by atoms with E-state index in [2.05, 4.69) is 10.6 Å². The van der Waals surface area contributed by atoms with Crippen molar-refractivity contribution in [3.63, 3.8) is 0 Å². The Morgan fingerprint density at radius 2 is 1.52 bits per heavy atom. The topological polar surface area (TPSA) is 103 Å². The van der Waals surface area contributed by atoms with Crippen LogP contribution in [0.3, 0.4) is 0 Å². The first-order chi connectivity index (χ1) is 13.9. The Labute approximate surface area is 165 Å². The predicted molar refractivity (Wildman–Crippen MR) is 101 cm³/mol. The number of carbonyl (C=O) groups excluding carboxylic acids is 3. The van der Waals surface area contributed by atoms with E-state index in [4.69, 9.17) is 14.2 Å². The summed E-state index contributed by atoms with van der Waals surface area (Å²) in [6, 6.07) is 16.9. The van der Waals surface area contributed by atoms with Gasteiger partial charge < -0.3 is 14.2 Å². The molecule has 1 aliphatic heterocycles. The fourth-order valence-corrected chi connectivity index (χ4v) is 2.71. The number of ether oxygens (including phenoxy) is 3. The van der Waals surface area contributed by atoms with E-state index in [1.54, 1.807) is 60.7 Å². The van der Waals surface area contributed by atoms with Crippen LogP contribution in [0.1, 0.15) is 6.92 Å². The summed E-state index contributed by atoms with van der Waals surface area (Å²) in [5.74, 6) is -1.20. The average molecular weight is 402 g/mol. The molecule has 3 atom stereocenters.